The highest BCUT2D eigenvalue weighted by molar-refractivity contribution is 5.74. The van der Waals surface area contributed by atoms with Crippen molar-refractivity contribution < 1.29 is 20.1 Å². The van der Waals surface area contributed by atoms with Crippen molar-refractivity contribution in [2.45, 2.75) is 188 Å². The first-order valence-corrected chi connectivity index (χ1v) is 20.5. The molecule has 1 atom stereocenters. The molecule has 0 aliphatic heterocycles. The molecule has 6 rings (SSSR count). The van der Waals surface area contributed by atoms with Crippen molar-refractivity contribution in [2.75, 3.05) is 0 Å². The summed E-state index contributed by atoms with van der Waals surface area (Å²) in [7, 11) is 0. The molecule has 2 aliphatic rings. The normalized spacial score (nSPS) is 14.6. The van der Waals surface area contributed by atoms with Gasteiger partial charge < -0.3 is 20.1 Å². The Morgan fingerprint density at radius 3 is 1.79 bits per heavy atom. The maximum Gasteiger partial charge on any atom is 0.153 e. The van der Waals surface area contributed by atoms with Crippen LogP contribution < -0.4 is 0 Å². The van der Waals surface area contributed by atoms with Gasteiger partial charge in [-0.1, -0.05) is 148 Å². The average molecular weight is 726 g/mol. The van der Waals surface area contributed by atoms with E-state index in [1.807, 2.05) is 68.8 Å². The first kappa shape index (κ1) is 48.8. The molecular weight excluding hydrogens is 653 g/mol. The lowest BCUT2D eigenvalue weighted by Crippen LogP contribution is -2.24. The number of rotatable bonds is 13. The number of para-hydroxylation sites is 3. The Morgan fingerprint density at radius 2 is 1.27 bits per heavy atom. The predicted molar refractivity (Wildman–Crippen MR) is 216 cm³/mol. The number of unbranched alkanes of at least 4 members (excludes halogenated alkanes) is 7. The van der Waals surface area contributed by atoms with Crippen LogP contribution in [0.5, 0.6) is 0 Å². The molecule has 1 unspecified atom stereocenters. The number of aliphatic hydroxyl groups is 1. The fourth-order valence-corrected chi connectivity index (χ4v) is 6.04. The van der Waals surface area contributed by atoms with Crippen molar-refractivity contribution in [1.29, 1.82) is 0 Å². The summed E-state index contributed by atoms with van der Waals surface area (Å²) in [5.74, 6) is 0. The number of aliphatic hydroxyl groups excluding tert-OH is 1. The largest absolute Gasteiger partial charge is 0.870 e. The highest BCUT2D eigenvalue weighted by Crippen LogP contribution is 2.28. The Labute approximate surface area is 315 Å². The van der Waals surface area contributed by atoms with Gasteiger partial charge in [0, 0.05) is 6.42 Å². The molecule has 0 radical (unpaired) electrons. The monoisotopic (exact) mass is 726 g/mol. The van der Waals surface area contributed by atoms with Gasteiger partial charge in [0.25, 0.3) is 0 Å². The van der Waals surface area contributed by atoms with Crippen molar-refractivity contribution >= 4 is 28.4 Å². The summed E-state index contributed by atoms with van der Waals surface area (Å²) in [6, 6.07) is 15.9. The van der Waals surface area contributed by atoms with Crippen LogP contribution in [-0.2, 0) is 9.53 Å². The lowest BCUT2D eigenvalue weighted by molar-refractivity contribution is -0.107. The summed E-state index contributed by atoms with van der Waals surface area (Å²) in [6.07, 6.45) is 25.3. The Bertz CT molecular complexity index is 1300. The van der Waals surface area contributed by atoms with E-state index in [0.29, 0.717) is 6.10 Å². The summed E-state index contributed by atoms with van der Waals surface area (Å²) in [5.41, 5.74) is 3.87. The number of H-pyrrole nitrogens is 1. The minimum atomic E-state index is 0. The Kier molecular flexibility index (Phi) is 31.5. The van der Waals surface area contributed by atoms with E-state index in [2.05, 4.69) is 51.7 Å². The van der Waals surface area contributed by atoms with Crippen molar-refractivity contribution in [3.63, 3.8) is 0 Å². The molecule has 2 saturated carbocycles. The molecule has 2 heterocycles. The molecule has 2 aliphatic carbocycles. The third kappa shape index (κ3) is 20.7. The average Bonchev–Trinajstić information content (AvgIpc) is 3.86. The lowest BCUT2D eigenvalue weighted by atomic mass is 9.97. The molecule has 3 N–H and O–H groups in total. The third-order valence-electron chi connectivity index (χ3n) is 8.83. The minimum Gasteiger partial charge on any atom is -0.870 e. The number of carbonyl (C=O) groups is 1. The van der Waals surface area contributed by atoms with Crippen LogP contribution >= 0.6 is 0 Å². The second kappa shape index (κ2) is 33.6. The van der Waals surface area contributed by atoms with E-state index in [9.17, 15) is 4.79 Å². The van der Waals surface area contributed by atoms with Crippen molar-refractivity contribution in [1.82, 2.24) is 30.4 Å². The molecular formula is C42H73N6O4-. The molecule has 0 saturated heterocycles. The molecule has 2 aromatic heterocycles. The number of ether oxygens (including phenoxy) is 1. The first-order valence-electron chi connectivity index (χ1n) is 20.5. The van der Waals surface area contributed by atoms with Crippen LogP contribution in [0.4, 0.5) is 0 Å². The smallest absolute Gasteiger partial charge is 0.153 e. The molecule has 10 nitrogen and oxygen atoms in total. The van der Waals surface area contributed by atoms with Gasteiger partial charge in [-0.3, -0.25) is 0 Å². The Balaban J connectivity index is 0.000000739. The molecule has 2 fully saturated rings. The number of nitrogens with one attached hydrogen (secondary N) is 1. The number of carbonyl (C=O) groups excluding carboxylic acids is 1. The first-order chi connectivity index (χ1) is 25.2. The summed E-state index contributed by atoms with van der Waals surface area (Å²) in [6.45, 7) is 12.4. The zero-order chi connectivity index (χ0) is 37.4. The van der Waals surface area contributed by atoms with Crippen LogP contribution in [-0.4, -0.2) is 59.5 Å². The van der Waals surface area contributed by atoms with Gasteiger partial charge in [0.05, 0.1) is 17.7 Å². The Hall–Kier alpha value is -3.21. The fraction of sp³-hybridized carbons (Fsp3) is 0.690. The van der Waals surface area contributed by atoms with Gasteiger partial charge >= 0.3 is 0 Å². The van der Waals surface area contributed by atoms with Crippen LogP contribution in [0.3, 0.4) is 0 Å². The number of aromatic amines is 1. The zero-order valence-electron chi connectivity index (χ0n) is 33.5. The predicted octanol–water partition coefficient (Wildman–Crippen LogP) is 11.6. The second-order valence-electron chi connectivity index (χ2n) is 12.8. The van der Waals surface area contributed by atoms with Crippen LogP contribution in [0.25, 0.3) is 22.1 Å². The lowest BCUT2D eigenvalue weighted by Gasteiger charge is -2.28. The zero-order valence-corrected chi connectivity index (χ0v) is 33.5. The van der Waals surface area contributed by atoms with Crippen molar-refractivity contribution in [2.24, 2.45) is 0 Å². The van der Waals surface area contributed by atoms with E-state index >= 15 is 0 Å². The highest BCUT2D eigenvalue weighted by Gasteiger charge is 2.22. The topological polar surface area (TPSA) is 149 Å². The number of aromatic nitrogens is 6. The standard InChI is InChI=1S/C19H29N3O.C7H14O.C6H5N3.C6H12O.2C2H6.H2O/c1-2-3-4-8-15-19(23-16-11-6-5-7-12-16)22-18-14-10-9-13-17(18)20-21-22;1-2-3-4-5-6-7-8;1-2-4-6-5(3-1)7-9-8-6;7-6-4-2-1-3-5-6;2*1-2;/h9-10,13-14,16,19H,2-8,11-12,15H2,1H3;7H,2-6H2,1H3;1-4H,(H,7,8,9);6-7H,1-5H2;2*1-2H3;1H2/p-1. The van der Waals surface area contributed by atoms with E-state index in [1.54, 1.807) is 0 Å². The number of nitrogens with zero attached hydrogens (tertiary/aromatic N) is 5. The maximum atomic E-state index is 9.77. The molecule has 4 aromatic rings. The van der Waals surface area contributed by atoms with Crippen LogP contribution in [0, 0.1) is 0 Å². The van der Waals surface area contributed by atoms with Gasteiger partial charge in [-0.15, -0.1) is 5.10 Å². The molecule has 10 heteroatoms. The quantitative estimate of drug-likeness (QED) is 0.102. The van der Waals surface area contributed by atoms with Crippen molar-refractivity contribution in [3.8, 4) is 0 Å². The third-order valence-corrected chi connectivity index (χ3v) is 8.83. The van der Waals surface area contributed by atoms with Gasteiger partial charge in [-0.25, -0.2) is 4.68 Å². The summed E-state index contributed by atoms with van der Waals surface area (Å²) < 4.78 is 8.49. The van der Waals surface area contributed by atoms with E-state index in [-0.39, 0.29) is 17.8 Å². The van der Waals surface area contributed by atoms with Gasteiger partial charge in [-0.2, -0.15) is 15.4 Å². The molecule has 0 amide bonds. The molecule has 296 valence electrons. The van der Waals surface area contributed by atoms with E-state index in [4.69, 9.17) is 9.84 Å². The van der Waals surface area contributed by atoms with Gasteiger partial charge in [0.1, 0.15) is 22.8 Å². The minimum absolute atomic E-state index is 0. The number of benzene rings is 2. The van der Waals surface area contributed by atoms with E-state index < -0.39 is 0 Å². The summed E-state index contributed by atoms with van der Waals surface area (Å²) >= 11 is 0. The number of hydrogen-bond donors (Lipinski definition) is 2. The van der Waals surface area contributed by atoms with E-state index in [0.717, 1.165) is 60.5 Å². The number of aldehydes is 1. The van der Waals surface area contributed by atoms with Crippen LogP contribution in [0.1, 0.15) is 176 Å². The molecule has 2 aromatic carbocycles. The molecule has 0 bridgehead atoms. The van der Waals surface area contributed by atoms with Crippen LogP contribution in [0.2, 0.25) is 0 Å². The number of hydrogen-bond acceptors (Lipinski definition) is 8. The van der Waals surface area contributed by atoms with Crippen molar-refractivity contribution in [3.05, 3.63) is 48.5 Å². The summed E-state index contributed by atoms with van der Waals surface area (Å²) in [5, 5.41) is 27.9. The maximum absolute atomic E-state index is 9.77. The number of fused-ring (bicyclic) bond motifs is 2. The fourth-order valence-electron chi connectivity index (χ4n) is 6.04. The van der Waals surface area contributed by atoms with Crippen LogP contribution in [0.15, 0.2) is 48.5 Å². The van der Waals surface area contributed by atoms with Gasteiger partial charge in [-0.05, 0) is 69.2 Å². The van der Waals surface area contributed by atoms with E-state index in [1.165, 1.54) is 96.3 Å². The molecule has 0 spiro atoms. The molecule has 52 heavy (non-hydrogen) atoms. The Morgan fingerprint density at radius 1 is 0.750 bits per heavy atom. The SMILES string of the molecule is CC.CC.CCCCCCC(OC1CCCCC1)n1nnc2ccccc21.CCCCCCC=O.OC1CCCCC1.[OH-].c1ccc2n[nH]nc2c1. The highest BCUT2D eigenvalue weighted by atomic mass is 16.5. The van der Waals surface area contributed by atoms with Gasteiger partial charge in [0.2, 0.25) is 0 Å². The second-order valence-corrected chi connectivity index (χ2v) is 12.8. The van der Waals surface area contributed by atoms with Gasteiger partial charge in [0.15, 0.2) is 6.23 Å². The summed E-state index contributed by atoms with van der Waals surface area (Å²) in [4.78, 5) is 9.77.